The first-order chi connectivity index (χ1) is 14.1. The Labute approximate surface area is 169 Å². The quantitative estimate of drug-likeness (QED) is 0.747. The molecule has 3 aromatic carbocycles. The van der Waals surface area contributed by atoms with Crippen molar-refractivity contribution < 1.29 is 14.7 Å². The molecule has 2 atom stereocenters. The number of hydrogen-bond donors (Lipinski definition) is 1. The van der Waals surface area contributed by atoms with E-state index in [9.17, 15) is 14.7 Å². The summed E-state index contributed by atoms with van der Waals surface area (Å²) in [5, 5.41) is 11.8. The molecular formula is C25H21NO3. The van der Waals surface area contributed by atoms with Crippen molar-refractivity contribution in [2.75, 3.05) is 4.90 Å². The van der Waals surface area contributed by atoms with E-state index < -0.39 is 17.4 Å². The summed E-state index contributed by atoms with van der Waals surface area (Å²) >= 11 is 0. The van der Waals surface area contributed by atoms with Crippen molar-refractivity contribution in [2.24, 2.45) is 5.92 Å². The summed E-state index contributed by atoms with van der Waals surface area (Å²) in [5.41, 5.74) is 1.94. The van der Waals surface area contributed by atoms with Gasteiger partial charge in [0.15, 0.2) is 11.4 Å². The van der Waals surface area contributed by atoms with Crippen molar-refractivity contribution in [3.63, 3.8) is 0 Å². The van der Waals surface area contributed by atoms with Gasteiger partial charge in [0.25, 0.3) is 5.91 Å². The Hall–Kier alpha value is -3.24. The molecule has 1 amide bonds. The Morgan fingerprint density at radius 1 is 0.897 bits per heavy atom. The van der Waals surface area contributed by atoms with Gasteiger partial charge >= 0.3 is 0 Å². The van der Waals surface area contributed by atoms with Gasteiger partial charge in [-0.1, -0.05) is 72.8 Å². The number of ketones is 1. The molecule has 144 valence electrons. The average molecular weight is 383 g/mol. The number of aryl methyl sites for hydroxylation is 1. The molecule has 29 heavy (non-hydrogen) atoms. The van der Waals surface area contributed by atoms with E-state index >= 15 is 0 Å². The Kier molecular flexibility index (Phi) is 4.10. The van der Waals surface area contributed by atoms with Crippen LogP contribution in [-0.4, -0.2) is 16.8 Å². The predicted octanol–water partition coefficient (Wildman–Crippen LogP) is 3.87. The number of Topliss-reactive ketones (excluding diaryl/α,β-unsaturated/α-hetero) is 1. The number of amides is 1. The molecule has 0 saturated carbocycles. The molecule has 1 heterocycles. The van der Waals surface area contributed by atoms with Gasteiger partial charge in [0, 0.05) is 11.1 Å². The molecule has 0 bridgehead atoms. The van der Waals surface area contributed by atoms with Crippen LogP contribution >= 0.6 is 0 Å². The van der Waals surface area contributed by atoms with E-state index in [1.54, 1.807) is 17.0 Å². The Morgan fingerprint density at radius 2 is 1.59 bits per heavy atom. The summed E-state index contributed by atoms with van der Waals surface area (Å²) in [6, 6.07) is 24.4. The van der Waals surface area contributed by atoms with Gasteiger partial charge in [-0.25, -0.2) is 0 Å². The van der Waals surface area contributed by atoms with Crippen molar-refractivity contribution in [1.82, 2.24) is 0 Å². The standard InChI is InChI=1S/C25H21NO3/c27-23-19-11-5-4-10-18(19)14-15-21(23)25(29)20-12-6-7-13-22(20)26(24(25)28)16-17-8-2-1-3-9-17/h1-13,21,29H,14-16H2/t21-,25+/m1/s1. The number of aliphatic hydroxyl groups is 1. The molecule has 1 aliphatic carbocycles. The second-order valence-corrected chi connectivity index (χ2v) is 7.77. The maximum absolute atomic E-state index is 13.6. The molecule has 0 unspecified atom stereocenters. The third-order valence-corrected chi connectivity index (χ3v) is 6.17. The lowest BCUT2D eigenvalue weighted by molar-refractivity contribution is -0.140. The lowest BCUT2D eigenvalue weighted by Crippen LogP contribution is -2.49. The molecule has 0 aromatic heterocycles. The van der Waals surface area contributed by atoms with Gasteiger partial charge in [-0.3, -0.25) is 9.59 Å². The van der Waals surface area contributed by atoms with Crippen LogP contribution in [0.25, 0.3) is 0 Å². The van der Waals surface area contributed by atoms with E-state index in [0.29, 0.717) is 36.2 Å². The first kappa shape index (κ1) is 17.8. The molecule has 0 radical (unpaired) electrons. The fourth-order valence-corrected chi connectivity index (χ4v) is 4.72. The third kappa shape index (κ3) is 2.64. The van der Waals surface area contributed by atoms with E-state index in [1.807, 2.05) is 66.7 Å². The topological polar surface area (TPSA) is 57.6 Å². The summed E-state index contributed by atoms with van der Waals surface area (Å²) in [6.07, 6.45) is 1.12. The average Bonchev–Trinajstić information content (AvgIpc) is 2.98. The lowest BCUT2D eigenvalue weighted by Gasteiger charge is -2.34. The van der Waals surface area contributed by atoms with Gasteiger partial charge in [0.1, 0.15) is 0 Å². The predicted molar refractivity (Wildman–Crippen MR) is 111 cm³/mol. The molecule has 1 N–H and O–H groups in total. The minimum atomic E-state index is -1.84. The first-order valence-corrected chi connectivity index (χ1v) is 9.90. The van der Waals surface area contributed by atoms with Crippen molar-refractivity contribution in [2.45, 2.75) is 25.0 Å². The minimum Gasteiger partial charge on any atom is -0.375 e. The van der Waals surface area contributed by atoms with E-state index in [2.05, 4.69) is 0 Å². The number of para-hydroxylation sites is 1. The number of nitrogens with zero attached hydrogens (tertiary/aromatic N) is 1. The van der Waals surface area contributed by atoms with Crippen LogP contribution < -0.4 is 4.90 Å². The van der Waals surface area contributed by atoms with Crippen LogP contribution in [0.3, 0.4) is 0 Å². The van der Waals surface area contributed by atoms with Gasteiger partial charge in [0.05, 0.1) is 18.2 Å². The van der Waals surface area contributed by atoms with Crippen molar-refractivity contribution >= 4 is 17.4 Å². The fourth-order valence-electron chi connectivity index (χ4n) is 4.72. The van der Waals surface area contributed by atoms with Crippen LogP contribution in [0.5, 0.6) is 0 Å². The SMILES string of the molecule is O=C1c2ccccc2CC[C@H]1[C@]1(O)C(=O)N(Cc2ccccc2)c2ccccc21. The van der Waals surface area contributed by atoms with Gasteiger partial charge < -0.3 is 10.0 Å². The molecule has 4 heteroatoms. The van der Waals surface area contributed by atoms with E-state index in [1.165, 1.54) is 0 Å². The number of anilines is 1. The van der Waals surface area contributed by atoms with Crippen LogP contribution in [0.4, 0.5) is 5.69 Å². The van der Waals surface area contributed by atoms with Gasteiger partial charge in [-0.2, -0.15) is 0 Å². The summed E-state index contributed by atoms with van der Waals surface area (Å²) in [5.74, 6) is -1.36. The molecule has 4 nitrogen and oxygen atoms in total. The molecular weight excluding hydrogens is 362 g/mol. The fraction of sp³-hybridized carbons (Fsp3) is 0.200. The van der Waals surface area contributed by atoms with E-state index in [0.717, 1.165) is 11.1 Å². The summed E-state index contributed by atoms with van der Waals surface area (Å²) in [7, 11) is 0. The molecule has 0 fully saturated rings. The summed E-state index contributed by atoms with van der Waals surface area (Å²) < 4.78 is 0. The molecule has 1 aliphatic heterocycles. The van der Waals surface area contributed by atoms with Crippen molar-refractivity contribution in [3.8, 4) is 0 Å². The highest BCUT2D eigenvalue weighted by Crippen LogP contribution is 2.48. The zero-order chi connectivity index (χ0) is 20.0. The van der Waals surface area contributed by atoms with Crippen molar-refractivity contribution in [3.05, 3.63) is 101 Å². The second kappa shape index (κ2) is 6.68. The Balaban J connectivity index is 1.58. The number of hydrogen-bond acceptors (Lipinski definition) is 3. The number of carbonyl (C=O) groups is 2. The van der Waals surface area contributed by atoms with Crippen LogP contribution in [0.2, 0.25) is 0 Å². The third-order valence-electron chi connectivity index (χ3n) is 6.17. The highest BCUT2D eigenvalue weighted by Gasteiger charge is 2.57. The van der Waals surface area contributed by atoms with E-state index in [-0.39, 0.29) is 5.78 Å². The molecule has 0 saturated heterocycles. The van der Waals surface area contributed by atoms with Crippen LogP contribution in [0.1, 0.15) is 33.5 Å². The molecule has 2 aliphatic rings. The minimum absolute atomic E-state index is 0.154. The maximum Gasteiger partial charge on any atom is 0.264 e. The maximum atomic E-state index is 13.6. The second-order valence-electron chi connectivity index (χ2n) is 7.77. The van der Waals surface area contributed by atoms with Crippen molar-refractivity contribution in [1.29, 1.82) is 0 Å². The molecule has 3 aromatic rings. The first-order valence-electron chi connectivity index (χ1n) is 9.90. The van der Waals surface area contributed by atoms with Gasteiger partial charge in [-0.05, 0) is 30.0 Å². The van der Waals surface area contributed by atoms with Crippen LogP contribution in [0, 0.1) is 5.92 Å². The highest BCUT2D eigenvalue weighted by molar-refractivity contribution is 6.12. The number of benzene rings is 3. The highest BCUT2D eigenvalue weighted by atomic mass is 16.3. The zero-order valence-electron chi connectivity index (χ0n) is 15.9. The largest absolute Gasteiger partial charge is 0.375 e. The van der Waals surface area contributed by atoms with E-state index in [4.69, 9.17) is 0 Å². The Morgan fingerprint density at radius 3 is 2.41 bits per heavy atom. The zero-order valence-corrected chi connectivity index (χ0v) is 15.9. The number of carbonyl (C=O) groups excluding carboxylic acids is 2. The van der Waals surface area contributed by atoms with Gasteiger partial charge in [0.2, 0.25) is 0 Å². The lowest BCUT2D eigenvalue weighted by atomic mass is 9.71. The molecule has 5 rings (SSSR count). The molecule has 0 spiro atoms. The van der Waals surface area contributed by atoms with Gasteiger partial charge in [-0.15, -0.1) is 0 Å². The normalized spacial score (nSPS) is 23.1. The number of rotatable bonds is 3. The van der Waals surface area contributed by atoms with Crippen LogP contribution in [-0.2, 0) is 23.4 Å². The van der Waals surface area contributed by atoms with Crippen LogP contribution in [0.15, 0.2) is 78.9 Å². The monoisotopic (exact) mass is 383 g/mol. The Bertz CT molecular complexity index is 1110. The number of fused-ring (bicyclic) bond motifs is 2. The summed E-state index contributed by atoms with van der Waals surface area (Å²) in [6.45, 7) is 0.358. The summed E-state index contributed by atoms with van der Waals surface area (Å²) in [4.78, 5) is 28.5. The smallest absolute Gasteiger partial charge is 0.264 e.